The van der Waals surface area contributed by atoms with E-state index in [4.69, 9.17) is 5.73 Å². The fraction of sp³-hybridized carbons (Fsp3) is 0.125. The molecule has 0 bridgehead atoms. The van der Waals surface area contributed by atoms with Crippen LogP contribution in [0.3, 0.4) is 0 Å². The van der Waals surface area contributed by atoms with Gasteiger partial charge in [0.15, 0.2) is 0 Å². The summed E-state index contributed by atoms with van der Waals surface area (Å²) >= 11 is 1.60. The van der Waals surface area contributed by atoms with Gasteiger partial charge in [0, 0.05) is 16.9 Å². The first kappa shape index (κ1) is 8.01. The standard InChI is InChI=1S/C8H9NOS/c1-6(8(9)10)5-7-3-2-4-11-7/h2-4H,1,5H2,(H2,9,10). The summed E-state index contributed by atoms with van der Waals surface area (Å²) in [5, 5.41) is 1.96. The monoisotopic (exact) mass is 167 g/mol. The Kier molecular flexibility index (Phi) is 2.44. The number of hydrogen-bond acceptors (Lipinski definition) is 2. The van der Waals surface area contributed by atoms with Crippen LogP contribution >= 0.6 is 11.3 Å². The highest BCUT2D eigenvalue weighted by atomic mass is 32.1. The van der Waals surface area contributed by atoms with Crippen molar-refractivity contribution in [2.75, 3.05) is 0 Å². The number of hydrogen-bond donors (Lipinski definition) is 1. The van der Waals surface area contributed by atoms with Crippen molar-refractivity contribution in [1.82, 2.24) is 0 Å². The molecule has 3 heteroatoms. The van der Waals surface area contributed by atoms with Crippen LogP contribution in [-0.4, -0.2) is 5.91 Å². The molecule has 1 rings (SSSR count). The zero-order valence-electron chi connectivity index (χ0n) is 6.04. The molecule has 1 heterocycles. The minimum absolute atomic E-state index is 0.418. The Morgan fingerprint density at radius 2 is 2.45 bits per heavy atom. The smallest absolute Gasteiger partial charge is 0.244 e. The van der Waals surface area contributed by atoms with E-state index in [0.717, 1.165) is 4.88 Å². The van der Waals surface area contributed by atoms with E-state index in [1.54, 1.807) is 11.3 Å². The molecule has 2 nitrogen and oxygen atoms in total. The third kappa shape index (κ3) is 2.20. The maximum Gasteiger partial charge on any atom is 0.244 e. The van der Waals surface area contributed by atoms with Crippen molar-refractivity contribution in [2.24, 2.45) is 5.73 Å². The summed E-state index contributed by atoms with van der Waals surface area (Å²) in [7, 11) is 0. The van der Waals surface area contributed by atoms with Crippen molar-refractivity contribution in [3.63, 3.8) is 0 Å². The van der Waals surface area contributed by atoms with Crippen LogP contribution in [0.2, 0.25) is 0 Å². The molecule has 2 N–H and O–H groups in total. The van der Waals surface area contributed by atoms with Gasteiger partial charge in [-0.2, -0.15) is 0 Å². The van der Waals surface area contributed by atoms with E-state index in [2.05, 4.69) is 6.58 Å². The first-order valence-corrected chi connectivity index (χ1v) is 4.08. The van der Waals surface area contributed by atoms with E-state index in [0.29, 0.717) is 12.0 Å². The lowest BCUT2D eigenvalue weighted by atomic mass is 10.2. The molecule has 0 aliphatic carbocycles. The molecule has 0 fully saturated rings. The van der Waals surface area contributed by atoms with Crippen LogP contribution in [0.25, 0.3) is 0 Å². The van der Waals surface area contributed by atoms with Gasteiger partial charge in [-0.15, -0.1) is 11.3 Å². The maximum absolute atomic E-state index is 10.6. The Morgan fingerprint density at radius 3 is 2.91 bits per heavy atom. The van der Waals surface area contributed by atoms with Gasteiger partial charge in [0.05, 0.1) is 0 Å². The molecule has 1 amide bonds. The predicted molar refractivity (Wildman–Crippen MR) is 46.4 cm³/mol. The lowest BCUT2D eigenvalue weighted by Gasteiger charge is -1.95. The number of carbonyl (C=O) groups excluding carboxylic acids is 1. The van der Waals surface area contributed by atoms with Crippen LogP contribution in [0.4, 0.5) is 0 Å². The first-order chi connectivity index (χ1) is 5.20. The average molecular weight is 167 g/mol. The Bertz CT molecular complexity index is 264. The van der Waals surface area contributed by atoms with Crippen molar-refractivity contribution in [3.05, 3.63) is 34.5 Å². The Labute approximate surface area is 69.3 Å². The molecule has 0 unspecified atom stereocenters. The maximum atomic E-state index is 10.6. The number of nitrogens with two attached hydrogens (primary N) is 1. The quantitative estimate of drug-likeness (QED) is 0.678. The molecule has 0 aliphatic rings. The molecule has 0 saturated carbocycles. The molecule has 0 saturated heterocycles. The van der Waals surface area contributed by atoms with Gasteiger partial charge < -0.3 is 5.73 Å². The molecule has 1 aromatic heterocycles. The Balaban J connectivity index is 2.57. The fourth-order valence-electron chi connectivity index (χ4n) is 0.711. The van der Waals surface area contributed by atoms with E-state index < -0.39 is 5.91 Å². The SMILES string of the molecule is C=C(Cc1cccs1)C(N)=O. The van der Waals surface area contributed by atoms with Crippen LogP contribution in [0, 0.1) is 0 Å². The number of rotatable bonds is 3. The number of amides is 1. The van der Waals surface area contributed by atoms with E-state index >= 15 is 0 Å². The number of carbonyl (C=O) groups is 1. The van der Waals surface area contributed by atoms with Crippen LogP contribution in [-0.2, 0) is 11.2 Å². The molecule has 0 aliphatic heterocycles. The lowest BCUT2D eigenvalue weighted by Crippen LogP contribution is -2.14. The van der Waals surface area contributed by atoms with Gasteiger partial charge in [-0.3, -0.25) is 4.79 Å². The second-order valence-electron chi connectivity index (χ2n) is 2.22. The second kappa shape index (κ2) is 3.34. The summed E-state index contributed by atoms with van der Waals surface area (Å²) in [4.78, 5) is 11.7. The third-order valence-corrected chi connectivity index (χ3v) is 2.19. The van der Waals surface area contributed by atoms with Gasteiger partial charge in [-0.05, 0) is 11.4 Å². The third-order valence-electron chi connectivity index (χ3n) is 1.32. The van der Waals surface area contributed by atoms with Crippen molar-refractivity contribution >= 4 is 17.2 Å². The fourth-order valence-corrected chi connectivity index (χ4v) is 1.46. The minimum Gasteiger partial charge on any atom is -0.366 e. The zero-order valence-corrected chi connectivity index (χ0v) is 6.86. The topological polar surface area (TPSA) is 43.1 Å². The highest BCUT2D eigenvalue weighted by molar-refractivity contribution is 7.09. The molecule has 58 valence electrons. The summed E-state index contributed by atoms with van der Waals surface area (Å²) in [5.74, 6) is -0.418. The van der Waals surface area contributed by atoms with Crippen molar-refractivity contribution in [2.45, 2.75) is 6.42 Å². The summed E-state index contributed by atoms with van der Waals surface area (Å²) < 4.78 is 0. The van der Waals surface area contributed by atoms with E-state index in [-0.39, 0.29) is 0 Å². The normalized spacial score (nSPS) is 9.45. The van der Waals surface area contributed by atoms with Gasteiger partial charge in [0.2, 0.25) is 5.91 Å². The molecule has 0 spiro atoms. The Hall–Kier alpha value is -1.09. The van der Waals surface area contributed by atoms with Gasteiger partial charge in [0.25, 0.3) is 0 Å². The summed E-state index contributed by atoms with van der Waals surface area (Å²) in [6, 6.07) is 3.90. The van der Waals surface area contributed by atoms with E-state index in [1.165, 1.54) is 0 Å². The van der Waals surface area contributed by atoms with Crippen molar-refractivity contribution < 1.29 is 4.79 Å². The predicted octanol–water partition coefficient (Wildman–Crippen LogP) is 1.33. The Morgan fingerprint density at radius 1 is 1.73 bits per heavy atom. The zero-order chi connectivity index (χ0) is 8.27. The molecule has 0 aromatic carbocycles. The summed E-state index contributed by atoms with van der Waals surface area (Å²) in [6.45, 7) is 3.56. The summed E-state index contributed by atoms with van der Waals surface area (Å²) in [5.41, 5.74) is 5.48. The summed E-state index contributed by atoms with van der Waals surface area (Å²) in [6.07, 6.45) is 0.576. The molecule has 0 atom stereocenters. The first-order valence-electron chi connectivity index (χ1n) is 3.20. The second-order valence-corrected chi connectivity index (χ2v) is 3.26. The molecular formula is C8H9NOS. The number of thiophene rings is 1. The molecular weight excluding hydrogens is 158 g/mol. The van der Waals surface area contributed by atoms with Crippen molar-refractivity contribution in [1.29, 1.82) is 0 Å². The molecule has 0 radical (unpaired) electrons. The minimum atomic E-state index is -0.418. The van der Waals surface area contributed by atoms with Crippen molar-refractivity contribution in [3.8, 4) is 0 Å². The average Bonchev–Trinajstić information content (AvgIpc) is 2.39. The highest BCUT2D eigenvalue weighted by Gasteiger charge is 2.02. The van der Waals surface area contributed by atoms with Crippen LogP contribution in [0.5, 0.6) is 0 Å². The van der Waals surface area contributed by atoms with Gasteiger partial charge in [0.1, 0.15) is 0 Å². The lowest BCUT2D eigenvalue weighted by molar-refractivity contribution is -0.114. The highest BCUT2D eigenvalue weighted by Crippen LogP contribution is 2.12. The van der Waals surface area contributed by atoms with E-state index in [9.17, 15) is 4.79 Å². The van der Waals surface area contributed by atoms with Crippen LogP contribution < -0.4 is 5.73 Å². The van der Waals surface area contributed by atoms with E-state index in [1.807, 2.05) is 17.5 Å². The molecule has 1 aromatic rings. The van der Waals surface area contributed by atoms with Gasteiger partial charge in [-0.25, -0.2) is 0 Å². The van der Waals surface area contributed by atoms with Crippen LogP contribution in [0.15, 0.2) is 29.7 Å². The largest absolute Gasteiger partial charge is 0.366 e. The number of primary amides is 1. The van der Waals surface area contributed by atoms with Gasteiger partial charge in [-0.1, -0.05) is 12.6 Å². The van der Waals surface area contributed by atoms with Gasteiger partial charge >= 0.3 is 0 Å². The molecule has 11 heavy (non-hydrogen) atoms. The van der Waals surface area contributed by atoms with Crippen LogP contribution in [0.1, 0.15) is 4.88 Å².